The molecule has 3 heteroatoms. The van der Waals surface area contributed by atoms with E-state index in [1.807, 2.05) is 12.1 Å². The molecular formula is C50H33N3. The van der Waals surface area contributed by atoms with Crippen molar-refractivity contribution >= 4 is 60.4 Å². The molecule has 248 valence electrons. The number of nitrogens with zero attached hydrogens (tertiary/aromatic N) is 3. The van der Waals surface area contributed by atoms with E-state index in [9.17, 15) is 0 Å². The van der Waals surface area contributed by atoms with Crippen molar-refractivity contribution in [3.63, 3.8) is 0 Å². The lowest BCUT2D eigenvalue weighted by Gasteiger charge is -2.27. The van der Waals surface area contributed by atoms with Gasteiger partial charge in [0.15, 0.2) is 0 Å². The Bertz CT molecular complexity index is 2920. The third-order valence-electron chi connectivity index (χ3n) is 10.2. The molecule has 0 aliphatic heterocycles. The smallest absolute Gasteiger partial charge is 0.0979 e. The molecule has 1 heterocycles. The first kappa shape index (κ1) is 30.7. The van der Waals surface area contributed by atoms with Crippen LogP contribution in [-0.4, -0.2) is 9.97 Å². The molecule has 9 aromatic carbocycles. The lowest BCUT2D eigenvalue weighted by Crippen LogP contribution is -2.10. The largest absolute Gasteiger partial charge is 0.310 e. The fourth-order valence-electron chi connectivity index (χ4n) is 7.65. The molecule has 3 nitrogen and oxygen atoms in total. The summed E-state index contributed by atoms with van der Waals surface area (Å²) in [5.74, 6) is 0. The Morgan fingerprint density at radius 1 is 0.340 bits per heavy atom. The number of hydrogen-bond donors (Lipinski definition) is 0. The van der Waals surface area contributed by atoms with Crippen molar-refractivity contribution in [3.8, 4) is 33.6 Å². The van der Waals surface area contributed by atoms with Gasteiger partial charge in [-0.15, -0.1) is 0 Å². The molecule has 0 saturated heterocycles. The first-order chi connectivity index (χ1) is 26.3. The van der Waals surface area contributed by atoms with Crippen LogP contribution in [0.5, 0.6) is 0 Å². The van der Waals surface area contributed by atoms with Crippen LogP contribution in [0.15, 0.2) is 200 Å². The Balaban J connectivity index is 1.18. The Kier molecular flexibility index (Phi) is 7.47. The molecule has 1 aromatic heterocycles. The Hall–Kier alpha value is -7.10. The average Bonchev–Trinajstić information content (AvgIpc) is 3.24. The molecule has 10 rings (SSSR count). The van der Waals surface area contributed by atoms with Gasteiger partial charge < -0.3 is 4.90 Å². The summed E-state index contributed by atoms with van der Waals surface area (Å²) < 4.78 is 0. The van der Waals surface area contributed by atoms with Crippen LogP contribution < -0.4 is 4.90 Å². The van der Waals surface area contributed by atoms with Gasteiger partial charge in [0.2, 0.25) is 0 Å². The molecule has 0 bridgehead atoms. The lowest BCUT2D eigenvalue weighted by molar-refractivity contribution is 1.30. The van der Waals surface area contributed by atoms with E-state index in [0.29, 0.717) is 0 Å². The quantitative estimate of drug-likeness (QED) is 0.164. The highest BCUT2D eigenvalue weighted by Crippen LogP contribution is 2.42. The maximum absolute atomic E-state index is 5.45. The second-order valence-electron chi connectivity index (χ2n) is 13.4. The van der Waals surface area contributed by atoms with E-state index in [4.69, 9.17) is 9.97 Å². The number of fused-ring (bicyclic) bond motifs is 6. The zero-order chi connectivity index (χ0) is 35.1. The predicted octanol–water partition coefficient (Wildman–Crippen LogP) is 13.6. The summed E-state index contributed by atoms with van der Waals surface area (Å²) in [6.45, 7) is 0. The van der Waals surface area contributed by atoms with Crippen LogP contribution in [0, 0.1) is 0 Å². The molecule has 0 fully saturated rings. The Labute approximate surface area is 308 Å². The molecule has 0 saturated carbocycles. The van der Waals surface area contributed by atoms with Crippen molar-refractivity contribution in [2.75, 3.05) is 4.90 Å². The Morgan fingerprint density at radius 3 is 1.64 bits per heavy atom. The summed E-state index contributed by atoms with van der Waals surface area (Å²) in [6, 6.07) is 70.9. The van der Waals surface area contributed by atoms with E-state index in [1.54, 1.807) is 0 Å². The highest BCUT2D eigenvalue weighted by Gasteiger charge is 2.19. The van der Waals surface area contributed by atoms with Gasteiger partial charge in [-0.25, -0.2) is 9.97 Å². The first-order valence-electron chi connectivity index (χ1n) is 18.0. The molecular weight excluding hydrogens is 643 g/mol. The van der Waals surface area contributed by atoms with Crippen molar-refractivity contribution in [1.82, 2.24) is 9.97 Å². The third-order valence-corrected chi connectivity index (χ3v) is 10.2. The fraction of sp³-hybridized carbons (Fsp3) is 0. The number of benzene rings is 9. The molecule has 0 aliphatic carbocycles. The van der Waals surface area contributed by atoms with Crippen molar-refractivity contribution in [1.29, 1.82) is 0 Å². The molecule has 0 unspecified atom stereocenters. The van der Waals surface area contributed by atoms with Crippen molar-refractivity contribution in [3.05, 3.63) is 200 Å². The van der Waals surface area contributed by atoms with Gasteiger partial charge in [-0.05, 0) is 69.1 Å². The summed E-state index contributed by atoms with van der Waals surface area (Å²) in [7, 11) is 0. The summed E-state index contributed by atoms with van der Waals surface area (Å²) in [6.07, 6.45) is 0. The monoisotopic (exact) mass is 675 g/mol. The molecule has 0 aliphatic rings. The zero-order valence-electron chi connectivity index (χ0n) is 28.9. The summed E-state index contributed by atoms with van der Waals surface area (Å²) >= 11 is 0. The summed E-state index contributed by atoms with van der Waals surface area (Å²) in [5, 5.41) is 6.95. The van der Waals surface area contributed by atoms with Crippen LogP contribution in [0.1, 0.15) is 0 Å². The van der Waals surface area contributed by atoms with Gasteiger partial charge in [0.25, 0.3) is 0 Å². The van der Waals surface area contributed by atoms with Gasteiger partial charge >= 0.3 is 0 Å². The normalized spacial score (nSPS) is 11.4. The van der Waals surface area contributed by atoms with Crippen LogP contribution in [0.3, 0.4) is 0 Å². The van der Waals surface area contributed by atoms with E-state index < -0.39 is 0 Å². The van der Waals surface area contributed by atoms with Gasteiger partial charge in [0.1, 0.15) is 0 Å². The average molecular weight is 676 g/mol. The SMILES string of the molecule is c1ccc(-c2ccc(N(c3ccc4c(ccc5ccc6nc(-c7ccccc7)c(-c7ccccc7)nc6c54)c3)c3cccc4ccccc34)cc2)cc1. The van der Waals surface area contributed by atoms with Gasteiger partial charge in [0, 0.05) is 33.3 Å². The fourth-order valence-corrected chi connectivity index (χ4v) is 7.65. The van der Waals surface area contributed by atoms with E-state index in [1.165, 1.54) is 21.9 Å². The van der Waals surface area contributed by atoms with Crippen LogP contribution in [-0.2, 0) is 0 Å². The minimum Gasteiger partial charge on any atom is -0.310 e. The van der Waals surface area contributed by atoms with Crippen LogP contribution in [0.4, 0.5) is 17.1 Å². The van der Waals surface area contributed by atoms with Gasteiger partial charge in [-0.1, -0.05) is 164 Å². The predicted molar refractivity (Wildman–Crippen MR) is 223 cm³/mol. The maximum atomic E-state index is 5.45. The lowest BCUT2D eigenvalue weighted by atomic mass is 9.98. The van der Waals surface area contributed by atoms with Crippen molar-refractivity contribution < 1.29 is 0 Å². The van der Waals surface area contributed by atoms with Crippen LogP contribution in [0.2, 0.25) is 0 Å². The highest BCUT2D eigenvalue weighted by molar-refractivity contribution is 6.19. The van der Waals surface area contributed by atoms with E-state index in [0.717, 1.165) is 72.2 Å². The van der Waals surface area contributed by atoms with Gasteiger partial charge in [0.05, 0.1) is 28.1 Å². The van der Waals surface area contributed by atoms with Crippen molar-refractivity contribution in [2.45, 2.75) is 0 Å². The number of rotatable bonds is 6. The second kappa shape index (κ2) is 12.9. The van der Waals surface area contributed by atoms with Gasteiger partial charge in [-0.3, -0.25) is 0 Å². The molecule has 0 radical (unpaired) electrons. The molecule has 0 N–H and O–H groups in total. The number of aromatic nitrogens is 2. The molecule has 0 atom stereocenters. The van der Waals surface area contributed by atoms with Crippen molar-refractivity contribution in [2.24, 2.45) is 0 Å². The summed E-state index contributed by atoms with van der Waals surface area (Å²) in [5.41, 5.74) is 11.4. The van der Waals surface area contributed by atoms with E-state index >= 15 is 0 Å². The molecule has 53 heavy (non-hydrogen) atoms. The molecule has 0 spiro atoms. The molecule has 10 aromatic rings. The van der Waals surface area contributed by atoms with Crippen LogP contribution in [0.25, 0.3) is 77.0 Å². The van der Waals surface area contributed by atoms with Gasteiger partial charge in [-0.2, -0.15) is 0 Å². The maximum Gasteiger partial charge on any atom is 0.0979 e. The van der Waals surface area contributed by atoms with E-state index in [2.05, 4.69) is 193 Å². The number of anilines is 3. The topological polar surface area (TPSA) is 29.0 Å². The summed E-state index contributed by atoms with van der Waals surface area (Å²) in [4.78, 5) is 13.1. The standard InChI is InChI=1S/C50H33N3/c1-4-13-34(14-5-1)35-25-28-41(29-26-35)53(46-22-12-20-36-15-10-11-21-43(36)46)42-30-31-44-40(33-42)24-23-37-27-32-45-50(47(37)44)52-49(39-18-8-3-9-19-39)48(51-45)38-16-6-2-7-17-38/h1-33H. The second-order valence-corrected chi connectivity index (χ2v) is 13.4. The minimum absolute atomic E-state index is 0.878. The highest BCUT2D eigenvalue weighted by atomic mass is 15.1. The van der Waals surface area contributed by atoms with Crippen LogP contribution >= 0.6 is 0 Å². The minimum atomic E-state index is 0.878. The molecule has 0 amide bonds. The zero-order valence-corrected chi connectivity index (χ0v) is 28.9. The first-order valence-corrected chi connectivity index (χ1v) is 18.0. The number of hydrogen-bond acceptors (Lipinski definition) is 3. The van der Waals surface area contributed by atoms with E-state index in [-0.39, 0.29) is 0 Å². The third kappa shape index (κ3) is 5.47. The Morgan fingerprint density at radius 2 is 0.906 bits per heavy atom.